The molecule has 1 aromatic heterocycles. The van der Waals surface area contributed by atoms with Crippen LogP contribution in [-0.2, 0) is 19.6 Å². The number of carbonyl (C=O) groups is 2. The number of nitrogens with one attached hydrogen (secondary N) is 1. The van der Waals surface area contributed by atoms with Gasteiger partial charge in [-0.25, -0.2) is 22.2 Å². The monoisotopic (exact) mass is 492 g/mol. The van der Waals surface area contributed by atoms with E-state index in [4.69, 9.17) is 21.1 Å². The number of methoxy groups -OCH3 is 1. The molecule has 0 radical (unpaired) electrons. The highest BCUT2D eigenvalue weighted by atomic mass is 35.5. The predicted molar refractivity (Wildman–Crippen MR) is 121 cm³/mol. The average molecular weight is 493 g/mol. The molecule has 0 aliphatic heterocycles. The van der Waals surface area contributed by atoms with E-state index in [1.54, 1.807) is 12.1 Å². The van der Waals surface area contributed by atoms with Crippen LogP contribution in [0.3, 0.4) is 0 Å². The Labute approximate surface area is 195 Å². The van der Waals surface area contributed by atoms with Crippen molar-refractivity contribution in [3.05, 3.63) is 65.4 Å². The van der Waals surface area contributed by atoms with Gasteiger partial charge in [-0.3, -0.25) is 4.79 Å². The van der Waals surface area contributed by atoms with E-state index >= 15 is 0 Å². The number of hydrogen-bond donors (Lipinski definition) is 1. The maximum absolute atomic E-state index is 12.5. The van der Waals surface area contributed by atoms with Gasteiger partial charge in [0.1, 0.15) is 4.90 Å². The van der Waals surface area contributed by atoms with Gasteiger partial charge in [-0.05, 0) is 30.3 Å². The summed E-state index contributed by atoms with van der Waals surface area (Å²) in [6.07, 6.45) is 1.52. The number of nitrogens with zero attached hydrogens (tertiary/aromatic N) is 3. The Hall–Kier alpha value is -3.41. The number of carbonyl (C=O) groups excluding carboxylic acids is 2. The molecule has 174 valence electrons. The van der Waals surface area contributed by atoms with E-state index < -0.39 is 28.5 Å². The van der Waals surface area contributed by atoms with E-state index in [9.17, 15) is 18.0 Å². The largest absolute Gasteiger partial charge is 0.493 e. The lowest BCUT2D eigenvalue weighted by Gasteiger charge is -2.14. The molecule has 0 aliphatic rings. The van der Waals surface area contributed by atoms with Crippen molar-refractivity contribution in [1.82, 2.24) is 14.1 Å². The van der Waals surface area contributed by atoms with Crippen LogP contribution >= 0.6 is 11.6 Å². The van der Waals surface area contributed by atoms with Crippen LogP contribution < -0.4 is 10.1 Å². The van der Waals surface area contributed by atoms with Gasteiger partial charge >= 0.3 is 5.97 Å². The van der Waals surface area contributed by atoms with E-state index in [1.165, 1.54) is 50.3 Å². The molecule has 2 aromatic carbocycles. The van der Waals surface area contributed by atoms with Crippen molar-refractivity contribution < 1.29 is 27.5 Å². The zero-order chi connectivity index (χ0) is 24.2. The highest BCUT2D eigenvalue weighted by Crippen LogP contribution is 2.27. The molecular formula is C21H21ClN4O6S. The van der Waals surface area contributed by atoms with Crippen molar-refractivity contribution in [3.63, 3.8) is 0 Å². The van der Waals surface area contributed by atoms with E-state index in [0.29, 0.717) is 5.69 Å². The second kappa shape index (κ2) is 10.0. The Bertz CT molecular complexity index is 1280. The molecule has 33 heavy (non-hydrogen) atoms. The first-order chi connectivity index (χ1) is 15.6. The van der Waals surface area contributed by atoms with Crippen LogP contribution in [0.4, 0.5) is 5.69 Å². The normalized spacial score (nSPS) is 11.3. The number of rotatable bonds is 8. The van der Waals surface area contributed by atoms with Gasteiger partial charge in [-0.1, -0.05) is 29.8 Å². The van der Waals surface area contributed by atoms with Gasteiger partial charge in [0, 0.05) is 19.8 Å². The summed E-state index contributed by atoms with van der Waals surface area (Å²) in [6, 6.07) is 13.1. The molecule has 0 bridgehead atoms. The van der Waals surface area contributed by atoms with Gasteiger partial charge in [0.05, 0.1) is 24.0 Å². The van der Waals surface area contributed by atoms with Gasteiger partial charge in [-0.15, -0.1) is 0 Å². The molecule has 12 heteroatoms. The van der Waals surface area contributed by atoms with Gasteiger partial charge in [-0.2, -0.15) is 5.10 Å². The van der Waals surface area contributed by atoms with Gasteiger partial charge < -0.3 is 14.8 Å². The minimum absolute atomic E-state index is 0.00854. The van der Waals surface area contributed by atoms with Crippen LogP contribution in [0.5, 0.6) is 5.75 Å². The summed E-state index contributed by atoms with van der Waals surface area (Å²) >= 11 is 6.00. The van der Waals surface area contributed by atoms with Crippen molar-refractivity contribution >= 4 is 39.2 Å². The topological polar surface area (TPSA) is 120 Å². The maximum atomic E-state index is 12.5. The molecule has 1 amide bonds. The number of aromatic nitrogens is 2. The van der Waals surface area contributed by atoms with E-state index in [-0.39, 0.29) is 27.0 Å². The number of amides is 1. The fourth-order valence-electron chi connectivity index (χ4n) is 2.73. The van der Waals surface area contributed by atoms with Crippen molar-refractivity contribution in [2.75, 3.05) is 33.1 Å². The second-order valence-electron chi connectivity index (χ2n) is 6.88. The molecule has 0 atom stereocenters. The molecule has 1 N–H and O–H groups in total. The highest BCUT2D eigenvalue weighted by molar-refractivity contribution is 7.89. The number of anilines is 1. The zero-order valence-electron chi connectivity index (χ0n) is 18.0. The molecule has 10 nitrogen and oxygen atoms in total. The molecule has 0 saturated carbocycles. The third-order valence-corrected chi connectivity index (χ3v) is 6.72. The van der Waals surface area contributed by atoms with Crippen molar-refractivity contribution in [2.24, 2.45) is 0 Å². The number of hydrogen-bond acceptors (Lipinski definition) is 7. The first kappa shape index (κ1) is 24.2. The number of benzene rings is 2. The summed E-state index contributed by atoms with van der Waals surface area (Å²) in [5, 5.41) is 6.66. The third-order valence-electron chi connectivity index (χ3n) is 4.42. The lowest BCUT2D eigenvalue weighted by Crippen LogP contribution is -2.24. The van der Waals surface area contributed by atoms with Gasteiger partial charge in [0.25, 0.3) is 5.91 Å². The maximum Gasteiger partial charge on any atom is 0.363 e. The molecule has 1 heterocycles. The highest BCUT2D eigenvalue weighted by Gasteiger charge is 2.23. The molecule has 3 rings (SSSR count). The molecule has 0 aliphatic carbocycles. The number of halogens is 1. The summed E-state index contributed by atoms with van der Waals surface area (Å²) < 4.78 is 37.4. The third kappa shape index (κ3) is 5.51. The Morgan fingerprint density at radius 3 is 2.48 bits per heavy atom. The lowest BCUT2D eigenvalue weighted by molar-refractivity contribution is -0.119. The SMILES string of the molecule is COc1cn(-c2ccccc2)nc1C(=O)OCC(=O)Nc1ccc(Cl)c(S(=O)(=O)N(C)C)c1. The summed E-state index contributed by atoms with van der Waals surface area (Å²) in [6.45, 7) is -0.626. The minimum atomic E-state index is -3.82. The molecule has 0 unspecified atom stereocenters. The second-order valence-corrected chi connectivity index (χ2v) is 9.41. The summed E-state index contributed by atoms with van der Waals surface area (Å²) in [4.78, 5) is 24.6. The van der Waals surface area contributed by atoms with Crippen LogP contribution in [0, 0.1) is 0 Å². The Balaban J connectivity index is 1.68. The van der Waals surface area contributed by atoms with Crippen LogP contribution in [0.1, 0.15) is 10.5 Å². The summed E-state index contributed by atoms with van der Waals surface area (Å²) in [7, 11) is 0.299. The number of esters is 1. The van der Waals surface area contributed by atoms with Crippen molar-refractivity contribution in [3.8, 4) is 11.4 Å². The number of para-hydroxylation sites is 1. The van der Waals surface area contributed by atoms with E-state index in [2.05, 4.69) is 10.4 Å². The van der Waals surface area contributed by atoms with Gasteiger partial charge in [0.2, 0.25) is 15.7 Å². The zero-order valence-corrected chi connectivity index (χ0v) is 19.6. The van der Waals surface area contributed by atoms with Crippen molar-refractivity contribution in [1.29, 1.82) is 0 Å². The fourth-order valence-corrected chi connectivity index (χ4v) is 4.13. The first-order valence-corrected chi connectivity index (χ1v) is 11.3. The van der Waals surface area contributed by atoms with Crippen LogP contribution in [-0.4, -0.2) is 62.2 Å². The van der Waals surface area contributed by atoms with Crippen molar-refractivity contribution in [2.45, 2.75) is 4.90 Å². The number of ether oxygens (including phenoxy) is 2. The predicted octanol–water partition coefficient (Wildman–Crippen LogP) is 2.58. The summed E-state index contributed by atoms with van der Waals surface area (Å²) in [5.74, 6) is -1.36. The lowest BCUT2D eigenvalue weighted by atomic mass is 10.3. The van der Waals surface area contributed by atoms with Gasteiger partial charge in [0.15, 0.2) is 12.4 Å². The van der Waals surface area contributed by atoms with Crippen LogP contribution in [0.2, 0.25) is 5.02 Å². The standard InChI is InChI=1S/C21H21ClN4O6S/c1-25(2)33(29,30)18-11-14(9-10-16(18)22)23-19(27)13-32-21(28)20-17(31-3)12-26(24-20)15-7-5-4-6-8-15/h4-12H,13H2,1-3H3,(H,23,27). The Morgan fingerprint density at radius 2 is 1.85 bits per heavy atom. The van der Waals surface area contributed by atoms with Crippen LogP contribution in [0.25, 0.3) is 5.69 Å². The first-order valence-electron chi connectivity index (χ1n) is 9.51. The Kier molecular flexibility index (Phi) is 7.36. The minimum Gasteiger partial charge on any atom is -0.493 e. The van der Waals surface area contributed by atoms with E-state index in [1.807, 2.05) is 18.2 Å². The smallest absolute Gasteiger partial charge is 0.363 e. The number of sulfonamides is 1. The van der Waals surface area contributed by atoms with Crippen LogP contribution in [0.15, 0.2) is 59.6 Å². The molecule has 0 spiro atoms. The fraction of sp³-hybridized carbons (Fsp3) is 0.190. The van der Waals surface area contributed by atoms with E-state index in [0.717, 1.165) is 4.31 Å². The molecule has 3 aromatic rings. The average Bonchev–Trinajstić information content (AvgIpc) is 3.24. The molecule has 0 saturated heterocycles. The Morgan fingerprint density at radius 1 is 1.15 bits per heavy atom. The molecule has 0 fully saturated rings. The molecular weight excluding hydrogens is 472 g/mol. The quantitative estimate of drug-likeness (QED) is 0.480. The summed E-state index contributed by atoms with van der Waals surface area (Å²) in [5.41, 5.74) is 0.783.